The largest absolute Gasteiger partial charge is 0.497 e. The van der Waals surface area contributed by atoms with E-state index in [4.69, 9.17) is 9.47 Å². The van der Waals surface area contributed by atoms with E-state index in [1.807, 2.05) is 42.5 Å². The van der Waals surface area contributed by atoms with Gasteiger partial charge in [0, 0.05) is 18.2 Å². The summed E-state index contributed by atoms with van der Waals surface area (Å²) in [5, 5.41) is 3.30. The van der Waals surface area contributed by atoms with E-state index >= 15 is 0 Å². The van der Waals surface area contributed by atoms with E-state index in [0.29, 0.717) is 11.4 Å². The van der Waals surface area contributed by atoms with Gasteiger partial charge in [0.25, 0.3) is 0 Å². The van der Waals surface area contributed by atoms with E-state index in [1.165, 1.54) is 6.07 Å². The Morgan fingerprint density at radius 2 is 1.94 bits per heavy atom. The number of carbonyl (C=O) groups is 1. The number of aromatic nitrogens is 1. The second-order valence-electron chi connectivity index (χ2n) is 8.41. The van der Waals surface area contributed by atoms with Crippen LogP contribution in [0.5, 0.6) is 11.5 Å². The molecule has 1 amide bonds. The highest BCUT2D eigenvalue weighted by atomic mass is 19.1. The van der Waals surface area contributed by atoms with Crippen molar-refractivity contribution in [2.24, 2.45) is 5.92 Å². The maximum absolute atomic E-state index is 14.1. The summed E-state index contributed by atoms with van der Waals surface area (Å²) in [6.07, 6.45) is 3.16. The number of methoxy groups -OCH3 is 1. The molecule has 0 bridgehead atoms. The van der Waals surface area contributed by atoms with E-state index in [2.05, 4.69) is 10.3 Å². The van der Waals surface area contributed by atoms with Gasteiger partial charge in [0.15, 0.2) is 11.6 Å². The summed E-state index contributed by atoms with van der Waals surface area (Å²) >= 11 is 0. The van der Waals surface area contributed by atoms with Gasteiger partial charge in [-0.25, -0.2) is 8.78 Å². The van der Waals surface area contributed by atoms with Crippen LogP contribution < -0.4 is 14.8 Å². The Bertz CT molecular complexity index is 1120. The molecule has 1 saturated heterocycles. The number of halogens is 2. The van der Waals surface area contributed by atoms with Gasteiger partial charge in [0.2, 0.25) is 5.91 Å². The first kappa shape index (κ1) is 24.6. The SMILES string of the molecule is COc1cccc(C(c2ccccn2)N(CCOc2ccc(F)cc2F)C(=O)C2CCNCC2)c1. The first-order valence-electron chi connectivity index (χ1n) is 11.7. The van der Waals surface area contributed by atoms with Crippen LogP contribution in [0, 0.1) is 17.6 Å². The van der Waals surface area contributed by atoms with Gasteiger partial charge in [-0.2, -0.15) is 0 Å². The molecular formula is C27H29F2N3O3. The molecule has 6 nitrogen and oxygen atoms in total. The average molecular weight is 482 g/mol. The zero-order chi connectivity index (χ0) is 24.6. The Balaban J connectivity index is 1.67. The first-order chi connectivity index (χ1) is 17.1. The van der Waals surface area contributed by atoms with Crippen molar-refractivity contribution in [3.8, 4) is 11.5 Å². The summed E-state index contributed by atoms with van der Waals surface area (Å²) in [6.45, 7) is 1.77. The van der Waals surface area contributed by atoms with Crippen molar-refractivity contribution < 1.29 is 23.0 Å². The molecule has 2 aromatic carbocycles. The number of benzene rings is 2. The molecule has 184 valence electrons. The molecule has 1 aliphatic heterocycles. The van der Waals surface area contributed by atoms with Crippen molar-refractivity contribution >= 4 is 5.91 Å². The summed E-state index contributed by atoms with van der Waals surface area (Å²) in [7, 11) is 1.60. The van der Waals surface area contributed by atoms with Gasteiger partial charge >= 0.3 is 0 Å². The molecule has 1 N–H and O–H groups in total. The van der Waals surface area contributed by atoms with Crippen LogP contribution in [0.25, 0.3) is 0 Å². The molecule has 1 aromatic heterocycles. The van der Waals surface area contributed by atoms with Gasteiger partial charge in [-0.15, -0.1) is 0 Å². The van der Waals surface area contributed by atoms with Crippen LogP contribution >= 0.6 is 0 Å². The summed E-state index contributed by atoms with van der Waals surface area (Å²) in [5.74, 6) is -0.997. The molecule has 2 heterocycles. The van der Waals surface area contributed by atoms with Gasteiger partial charge in [0.1, 0.15) is 18.2 Å². The van der Waals surface area contributed by atoms with Crippen molar-refractivity contribution in [3.63, 3.8) is 0 Å². The van der Waals surface area contributed by atoms with Crippen molar-refractivity contribution in [2.45, 2.75) is 18.9 Å². The number of hydrogen-bond acceptors (Lipinski definition) is 5. The van der Waals surface area contributed by atoms with Crippen molar-refractivity contribution in [1.29, 1.82) is 0 Å². The lowest BCUT2D eigenvalue weighted by molar-refractivity contribution is -0.138. The van der Waals surface area contributed by atoms with Gasteiger partial charge in [-0.1, -0.05) is 18.2 Å². The van der Waals surface area contributed by atoms with Crippen molar-refractivity contribution in [3.05, 3.63) is 89.8 Å². The van der Waals surface area contributed by atoms with E-state index in [9.17, 15) is 13.6 Å². The molecule has 3 aromatic rings. The third kappa shape index (κ3) is 6.14. The predicted molar refractivity (Wildman–Crippen MR) is 128 cm³/mol. The maximum atomic E-state index is 14.1. The Kier molecular flexibility index (Phi) is 8.26. The third-order valence-electron chi connectivity index (χ3n) is 6.14. The number of carbonyl (C=O) groups excluding carboxylic acids is 1. The quantitative estimate of drug-likeness (QED) is 0.492. The van der Waals surface area contributed by atoms with Crippen LogP contribution in [0.2, 0.25) is 0 Å². The molecule has 0 aliphatic carbocycles. The van der Waals surface area contributed by atoms with Crippen LogP contribution in [-0.2, 0) is 4.79 Å². The Morgan fingerprint density at radius 3 is 2.66 bits per heavy atom. The lowest BCUT2D eigenvalue weighted by atomic mass is 9.93. The minimum atomic E-state index is -0.782. The lowest BCUT2D eigenvalue weighted by Crippen LogP contribution is -2.45. The first-order valence-corrected chi connectivity index (χ1v) is 11.7. The number of piperidine rings is 1. The van der Waals surface area contributed by atoms with Crippen LogP contribution in [0.3, 0.4) is 0 Å². The maximum Gasteiger partial charge on any atom is 0.226 e. The predicted octanol–water partition coefficient (Wildman–Crippen LogP) is 4.37. The number of amides is 1. The number of nitrogens with zero attached hydrogens (tertiary/aromatic N) is 2. The fourth-order valence-electron chi connectivity index (χ4n) is 4.38. The zero-order valence-electron chi connectivity index (χ0n) is 19.6. The highest BCUT2D eigenvalue weighted by molar-refractivity contribution is 5.80. The monoisotopic (exact) mass is 481 g/mol. The van der Waals surface area contributed by atoms with Crippen LogP contribution in [0.1, 0.15) is 30.1 Å². The number of pyridine rings is 1. The van der Waals surface area contributed by atoms with E-state index in [0.717, 1.165) is 43.6 Å². The summed E-state index contributed by atoms with van der Waals surface area (Å²) in [6, 6.07) is 15.8. The molecule has 8 heteroatoms. The topological polar surface area (TPSA) is 63.7 Å². The number of nitrogens with one attached hydrogen (secondary N) is 1. The molecule has 35 heavy (non-hydrogen) atoms. The fourth-order valence-corrected chi connectivity index (χ4v) is 4.38. The molecule has 1 fully saturated rings. The third-order valence-corrected chi connectivity index (χ3v) is 6.14. The second kappa shape index (κ2) is 11.8. The smallest absolute Gasteiger partial charge is 0.226 e. The molecular weight excluding hydrogens is 452 g/mol. The normalized spacial score (nSPS) is 14.8. The highest BCUT2D eigenvalue weighted by Gasteiger charge is 2.33. The van der Waals surface area contributed by atoms with E-state index < -0.39 is 17.7 Å². The van der Waals surface area contributed by atoms with Crippen molar-refractivity contribution in [2.75, 3.05) is 33.4 Å². The van der Waals surface area contributed by atoms with Gasteiger partial charge in [0.05, 0.1) is 25.4 Å². The number of rotatable bonds is 9. The second-order valence-corrected chi connectivity index (χ2v) is 8.41. The standard InChI is InChI=1S/C27H29F2N3O3/c1-34-22-6-4-5-20(17-22)26(24-7-2-3-12-31-24)32(27(33)19-10-13-30-14-11-19)15-16-35-25-9-8-21(28)18-23(25)29/h2-9,12,17-19,26,30H,10-11,13-16H2,1H3. The van der Waals surface area contributed by atoms with Gasteiger partial charge in [-0.05, 0) is 67.9 Å². The Hall–Kier alpha value is -3.52. The fraction of sp³-hybridized carbons (Fsp3) is 0.333. The van der Waals surface area contributed by atoms with Crippen molar-refractivity contribution in [1.82, 2.24) is 15.2 Å². The minimum Gasteiger partial charge on any atom is -0.497 e. The van der Waals surface area contributed by atoms with Crippen LogP contribution in [-0.4, -0.2) is 49.1 Å². The molecule has 4 rings (SSSR count). The molecule has 1 aliphatic rings. The number of hydrogen-bond donors (Lipinski definition) is 1. The lowest BCUT2D eigenvalue weighted by Gasteiger charge is -2.35. The molecule has 1 atom stereocenters. The molecule has 0 radical (unpaired) electrons. The molecule has 1 unspecified atom stereocenters. The summed E-state index contributed by atoms with van der Waals surface area (Å²) in [5.41, 5.74) is 1.55. The summed E-state index contributed by atoms with van der Waals surface area (Å²) < 4.78 is 38.5. The molecule has 0 saturated carbocycles. The van der Waals surface area contributed by atoms with E-state index in [-0.39, 0.29) is 30.7 Å². The average Bonchev–Trinajstić information content (AvgIpc) is 2.90. The summed E-state index contributed by atoms with van der Waals surface area (Å²) in [4.78, 5) is 20.2. The zero-order valence-corrected chi connectivity index (χ0v) is 19.6. The van der Waals surface area contributed by atoms with E-state index in [1.54, 1.807) is 18.2 Å². The Labute approximate surface area is 203 Å². The van der Waals surface area contributed by atoms with Gasteiger partial charge in [-0.3, -0.25) is 9.78 Å². The number of ether oxygens (including phenoxy) is 2. The minimum absolute atomic E-state index is 0.00634. The van der Waals surface area contributed by atoms with Gasteiger partial charge < -0.3 is 19.7 Å². The Morgan fingerprint density at radius 1 is 1.11 bits per heavy atom. The molecule has 0 spiro atoms. The van der Waals surface area contributed by atoms with Crippen LogP contribution in [0.15, 0.2) is 66.9 Å². The highest BCUT2D eigenvalue weighted by Crippen LogP contribution is 2.32. The van der Waals surface area contributed by atoms with Crippen LogP contribution in [0.4, 0.5) is 8.78 Å².